The number of hydrogen-bond acceptors (Lipinski definition) is 0. The second-order valence-electron chi connectivity index (χ2n) is 4.46. The van der Waals surface area contributed by atoms with Crippen LogP contribution in [0.1, 0.15) is 44.7 Å². The second kappa shape index (κ2) is 4.45. The summed E-state index contributed by atoms with van der Waals surface area (Å²) >= 11 is 0. The second-order valence-corrected chi connectivity index (χ2v) is 4.46. The van der Waals surface area contributed by atoms with Crippen molar-refractivity contribution in [3.8, 4) is 0 Å². The van der Waals surface area contributed by atoms with Crippen molar-refractivity contribution in [1.82, 2.24) is 0 Å². The van der Waals surface area contributed by atoms with Gasteiger partial charge in [-0.05, 0) is 23.0 Å². The van der Waals surface area contributed by atoms with E-state index in [9.17, 15) is 0 Å². The summed E-state index contributed by atoms with van der Waals surface area (Å²) in [6.07, 6.45) is 4.35. The van der Waals surface area contributed by atoms with Crippen molar-refractivity contribution in [2.75, 3.05) is 0 Å². The van der Waals surface area contributed by atoms with E-state index in [4.69, 9.17) is 0 Å². The van der Waals surface area contributed by atoms with Crippen molar-refractivity contribution in [3.63, 3.8) is 0 Å². The van der Waals surface area contributed by atoms with E-state index in [0.29, 0.717) is 5.41 Å². The lowest BCUT2D eigenvalue weighted by Crippen LogP contribution is -2.16. The first kappa shape index (κ1) is 11.0. The smallest absolute Gasteiger partial charge is 0.0104 e. The van der Waals surface area contributed by atoms with Gasteiger partial charge in [0.1, 0.15) is 0 Å². The van der Waals surface area contributed by atoms with Crippen LogP contribution in [0.2, 0.25) is 0 Å². The lowest BCUT2D eigenvalue weighted by Gasteiger charge is -2.24. The normalized spacial score (nSPS) is 11.4. The van der Waals surface area contributed by atoms with E-state index in [1.165, 1.54) is 24.0 Å². The predicted octanol–water partition coefficient (Wildman–Crippen LogP) is 4.41. The molecule has 0 saturated carbocycles. The van der Waals surface area contributed by atoms with E-state index in [2.05, 4.69) is 51.6 Å². The molecule has 0 bridgehead atoms. The molecular weight excluding hydrogens is 168 g/mol. The van der Waals surface area contributed by atoms with Crippen LogP contribution in [0.5, 0.6) is 0 Å². The minimum atomic E-state index is 0.300. The third-order valence-corrected chi connectivity index (χ3v) is 2.80. The molecule has 0 saturated heterocycles. The summed E-state index contributed by atoms with van der Waals surface area (Å²) in [5.74, 6) is 0. The third-order valence-electron chi connectivity index (χ3n) is 2.80. The minimum Gasteiger partial charge on any atom is -0.0985 e. The van der Waals surface area contributed by atoms with Crippen molar-refractivity contribution < 1.29 is 0 Å². The maximum atomic E-state index is 3.76. The molecule has 0 atom stereocenters. The van der Waals surface area contributed by atoms with Crippen molar-refractivity contribution >= 4 is 6.08 Å². The molecule has 0 N–H and O–H groups in total. The molecule has 0 heteroatoms. The topological polar surface area (TPSA) is 0 Å². The molecule has 0 aliphatic heterocycles. The summed E-state index contributed by atoms with van der Waals surface area (Å²) in [6, 6.07) is 8.71. The molecule has 0 fully saturated rings. The maximum absolute atomic E-state index is 3.76. The van der Waals surface area contributed by atoms with Crippen LogP contribution >= 0.6 is 0 Å². The molecule has 0 heterocycles. The Hall–Kier alpha value is -1.04. The van der Waals surface area contributed by atoms with Gasteiger partial charge >= 0.3 is 0 Å². The van der Waals surface area contributed by atoms with Crippen LogP contribution < -0.4 is 0 Å². The Morgan fingerprint density at radius 3 is 2.21 bits per heavy atom. The standard InChI is InChI=1S/C14H20/c1-5-11-14(3,4)13-9-7-12(6-2)8-10-13/h6-10H,2,5,11H2,1,3-4H3. The molecule has 0 nitrogen and oxygen atoms in total. The summed E-state index contributed by atoms with van der Waals surface area (Å²) < 4.78 is 0. The van der Waals surface area contributed by atoms with Crippen LogP contribution in [0.4, 0.5) is 0 Å². The Morgan fingerprint density at radius 1 is 1.21 bits per heavy atom. The fraction of sp³-hybridized carbons (Fsp3) is 0.429. The SMILES string of the molecule is C=Cc1ccc(C(C)(C)CCC)cc1. The summed E-state index contributed by atoms with van der Waals surface area (Å²) in [5.41, 5.74) is 2.92. The zero-order valence-corrected chi connectivity index (χ0v) is 9.51. The first-order chi connectivity index (χ1) is 6.60. The first-order valence-corrected chi connectivity index (χ1v) is 5.33. The van der Waals surface area contributed by atoms with Gasteiger partial charge in [0.2, 0.25) is 0 Å². The van der Waals surface area contributed by atoms with Gasteiger partial charge in [-0.25, -0.2) is 0 Å². The molecular formula is C14H20. The number of benzene rings is 1. The average Bonchev–Trinajstić information content (AvgIpc) is 2.18. The van der Waals surface area contributed by atoms with Crippen LogP contribution in [-0.4, -0.2) is 0 Å². The predicted molar refractivity (Wildman–Crippen MR) is 64.5 cm³/mol. The molecule has 0 unspecified atom stereocenters. The highest BCUT2D eigenvalue weighted by Gasteiger charge is 2.18. The van der Waals surface area contributed by atoms with Crippen molar-refractivity contribution in [2.45, 2.75) is 39.0 Å². The van der Waals surface area contributed by atoms with Crippen LogP contribution in [-0.2, 0) is 5.41 Å². The van der Waals surface area contributed by atoms with Crippen molar-refractivity contribution in [2.24, 2.45) is 0 Å². The molecule has 0 spiro atoms. The van der Waals surface area contributed by atoms with Gasteiger partial charge in [0.15, 0.2) is 0 Å². The highest BCUT2D eigenvalue weighted by Crippen LogP contribution is 2.28. The highest BCUT2D eigenvalue weighted by atomic mass is 14.2. The van der Waals surface area contributed by atoms with Crippen molar-refractivity contribution in [3.05, 3.63) is 42.0 Å². The molecule has 1 aromatic carbocycles. The molecule has 0 aliphatic carbocycles. The van der Waals surface area contributed by atoms with Gasteiger partial charge in [-0.2, -0.15) is 0 Å². The minimum absolute atomic E-state index is 0.300. The fourth-order valence-electron chi connectivity index (χ4n) is 1.84. The number of hydrogen-bond donors (Lipinski definition) is 0. The Morgan fingerprint density at radius 2 is 1.79 bits per heavy atom. The van der Waals surface area contributed by atoms with Gasteiger partial charge in [0.05, 0.1) is 0 Å². The Labute approximate surface area is 87.7 Å². The van der Waals surface area contributed by atoms with Crippen LogP contribution in [0.25, 0.3) is 6.08 Å². The van der Waals surface area contributed by atoms with Crippen molar-refractivity contribution in [1.29, 1.82) is 0 Å². The molecule has 0 radical (unpaired) electrons. The van der Waals surface area contributed by atoms with Crippen LogP contribution in [0.15, 0.2) is 30.8 Å². The summed E-state index contributed by atoms with van der Waals surface area (Å²) in [7, 11) is 0. The lowest BCUT2D eigenvalue weighted by molar-refractivity contribution is 0.473. The van der Waals surface area contributed by atoms with Gasteiger partial charge in [0.25, 0.3) is 0 Å². The quantitative estimate of drug-likeness (QED) is 0.656. The molecule has 0 aromatic heterocycles. The van der Waals surface area contributed by atoms with Gasteiger partial charge in [-0.1, -0.05) is 64.1 Å². The molecule has 14 heavy (non-hydrogen) atoms. The average molecular weight is 188 g/mol. The van der Waals surface area contributed by atoms with Crippen LogP contribution in [0.3, 0.4) is 0 Å². The monoisotopic (exact) mass is 188 g/mol. The Balaban J connectivity index is 2.90. The summed E-state index contributed by atoms with van der Waals surface area (Å²) in [6.45, 7) is 10.6. The molecule has 0 aliphatic rings. The van der Waals surface area contributed by atoms with Gasteiger partial charge in [0, 0.05) is 0 Å². The van der Waals surface area contributed by atoms with E-state index < -0.39 is 0 Å². The number of rotatable bonds is 4. The Bertz CT molecular complexity index is 290. The first-order valence-electron chi connectivity index (χ1n) is 5.33. The van der Waals surface area contributed by atoms with Crippen LogP contribution in [0, 0.1) is 0 Å². The largest absolute Gasteiger partial charge is 0.0985 e. The highest BCUT2D eigenvalue weighted by molar-refractivity contribution is 5.47. The molecule has 0 amide bonds. The zero-order valence-electron chi connectivity index (χ0n) is 9.51. The van der Waals surface area contributed by atoms with E-state index in [1.54, 1.807) is 0 Å². The fourth-order valence-corrected chi connectivity index (χ4v) is 1.84. The Kier molecular flexibility index (Phi) is 3.51. The molecule has 1 rings (SSSR count). The summed E-state index contributed by atoms with van der Waals surface area (Å²) in [5, 5.41) is 0. The van der Waals surface area contributed by atoms with E-state index in [-0.39, 0.29) is 0 Å². The van der Waals surface area contributed by atoms with E-state index >= 15 is 0 Å². The van der Waals surface area contributed by atoms with Gasteiger partial charge < -0.3 is 0 Å². The summed E-state index contributed by atoms with van der Waals surface area (Å²) in [4.78, 5) is 0. The third kappa shape index (κ3) is 2.47. The molecule has 1 aromatic rings. The zero-order chi connectivity index (χ0) is 10.6. The van der Waals surface area contributed by atoms with Gasteiger partial charge in [-0.15, -0.1) is 0 Å². The lowest BCUT2D eigenvalue weighted by atomic mass is 9.80. The molecule has 76 valence electrons. The maximum Gasteiger partial charge on any atom is -0.0104 e. The van der Waals surface area contributed by atoms with E-state index in [0.717, 1.165) is 0 Å². The van der Waals surface area contributed by atoms with E-state index in [1.807, 2.05) is 6.08 Å². The van der Waals surface area contributed by atoms with Gasteiger partial charge in [-0.3, -0.25) is 0 Å².